The van der Waals surface area contributed by atoms with Crippen molar-refractivity contribution >= 4 is 41.7 Å². The molecule has 2 aromatic rings. The second-order valence-electron chi connectivity index (χ2n) is 6.91. The van der Waals surface area contributed by atoms with Crippen LogP contribution in [-0.2, 0) is 6.54 Å². The molecule has 1 aliphatic carbocycles. The fourth-order valence-corrected chi connectivity index (χ4v) is 4.39. The zero-order valence-electron chi connectivity index (χ0n) is 16.5. The largest absolute Gasteiger partial charge is 0.354 e. The summed E-state index contributed by atoms with van der Waals surface area (Å²) in [5, 5.41) is 12.5. The van der Waals surface area contributed by atoms with E-state index >= 15 is 0 Å². The minimum absolute atomic E-state index is 0. The molecule has 0 bridgehead atoms. The van der Waals surface area contributed by atoms with Crippen LogP contribution in [0.3, 0.4) is 0 Å². The van der Waals surface area contributed by atoms with Crippen LogP contribution in [0.4, 0.5) is 0 Å². The van der Waals surface area contributed by atoms with Gasteiger partial charge in [0, 0.05) is 30.6 Å². The van der Waals surface area contributed by atoms with Crippen molar-refractivity contribution in [1.29, 1.82) is 0 Å². The molecule has 0 saturated heterocycles. The van der Waals surface area contributed by atoms with Crippen LogP contribution in [0, 0.1) is 13.8 Å². The summed E-state index contributed by atoms with van der Waals surface area (Å²) in [7, 11) is 1.84. The molecule has 148 valence electrons. The minimum atomic E-state index is 0. The number of nitrogens with one attached hydrogen (secondary N) is 2. The molecule has 1 saturated carbocycles. The molecule has 2 N–H and O–H groups in total. The van der Waals surface area contributed by atoms with Gasteiger partial charge in [0.1, 0.15) is 0 Å². The molecule has 3 rings (SSSR count). The number of aryl methyl sites for hydroxylation is 2. The SMILES string of the molecule is CN=C(NCc1ccccc1-n1nc(C)cc1C)NC1CCC(SC)C1.I. The summed E-state index contributed by atoms with van der Waals surface area (Å²) in [5.74, 6) is 0.875. The van der Waals surface area contributed by atoms with Gasteiger partial charge in [-0.25, -0.2) is 4.68 Å². The van der Waals surface area contributed by atoms with E-state index in [-0.39, 0.29) is 24.0 Å². The van der Waals surface area contributed by atoms with Crippen LogP contribution < -0.4 is 10.6 Å². The first kappa shape index (κ1) is 22.1. The smallest absolute Gasteiger partial charge is 0.191 e. The predicted octanol–water partition coefficient (Wildman–Crippen LogP) is 4.06. The van der Waals surface area contributed by atoms with E-state index < -0.39 is 0 Å². The van der Waals surface area contributed by atoms with E-state index in [1.165, 1.54) is 24.8 Å². The van der Waals surface area contributed by atoms with Gasteiger partial charge < -0.3 is 10.6 Å². The maximum atomic E-state index is 4.63. The molecular weight excluding hydrogens is 469 g/mol. The number of nitrogens with zero attached hydrogens (tertiary/aromatic N) is 3. The number of aromatic nitrogens is 2. The molecule has 2 unspecified atom stereocenters. The van der Waals surface area contributed by atoms with Gasteiger partial charge in [0.05, 0.1) is 11.4 Å². The fraction of sp³-hybridized carbons (Fsp3) is 0.500. The first-order valence-electron chi connectivity index (χ1n) is 9.22. The summed E-state index contributed by atoms with van der Waals surface area (Å²) in [4.78, 5) is 4.41. The number of guanidine groups is 1. The fourth-order valence-electron chi connectivity index (χ4n) is 3.59. The molecule has 5 nitrogen and oxygen atoms in total. The zero-order chi connectivity index (χ0) is 18.5. The summed E-state index contributed by atoms with van der Waals surface area (Å²) in [5.41, 5.74) is 4.50. The first-order valence-corrected chi connectivity index (χ1v) is 10.5. The predicted molar refractivity (Wildman–Crippen MR) is 127 cm³/mol. The van der Waals surface area contributed by atoms with Gasteiger partial charge in [0.25, 0.3) is 0 Å². The van der Waals surface area contributed by atoms with Gasteiger partial charge in [-0.2, -0.15) is 16.9 Å². The maximum Gasteiger partial charge on any atom is 0.191 e. The van der Waals surface area contributed by atoms with Crippen LogP contribution in [-0.4, -0.2) is 40.3 Å². The summed E-state index contributed by atoms with van der Waals surface area (Å²) >= 11 is 1.97. The third kappa shape index (κ3) is 5.63. The molecule has 7 heteroatoms. The number of thioether (sulfide) groups is 1. The highest BCUT2D eigenvalue weighted by Gasteiger charge is 2.24. The zero-order valence-corrected chi connectivity index (χ0v) is 19.7. The van der Waals surface area contributed by atoms with E-state index in [2.05, 4.69) is 64.2 Å². The Kier molecular flexibility index (Phi) is 8.47. The molecule has 0 aliphatic heterocycles. The number of rotatable bonds is 5. The third-order valence-electron chi connectivity index (χ3n) is 4.96. The van der Waals surface area contributed by atoms with E-state index in [4.69, 9.17) is 0 Å². The van der Waals surface area contributed by atoms with E-state index in [1.807, 2.05) is 30.4 Å². The standard InChI is InChI=1S/C20H29N5S.HI/c1-14-11-15(2)25(24-14)19-8-6-5-7-16(19)13-22-20(21-3)23-17-9-10-18(12-17)26-4;/h5-8,11,17-18H,9-10,12-13H2,1-4H3,(H2,21,22,23);1H. The number of benzene rings is 1. The van der Waals surface area contributed by atoms with Gasteiger partial charge in [-0.1, -0.05) is 18.2 Å². The quantitative estimate of drug-likeness (QED) is 0.370. The van der Waals surface area contributed by atoms with Crippen LogP contribution in [0.5, 0.6) is 0 Å². The summed E-state index contributed by atoms with van der Waals surface area (Å²) in [6.07, 6.45) is 5.92. The molecule has 1 aromatic heterocycles. The first-order chi connectivity index (χ1) is 12.6. The molecule has 2 atom stereocenters. The Hall–Kier alpha value is -1.22. The Morgan fingerprint density at radius 2 is 2.07 bits per heavy atom. The Morgan fingerprint density at radius 1 is 1.30 bits per heavy atom. The van der Waals surface area contributed by atoms with Gasteiger partial charge in [-0.15, -0.1) is 24.0 Å². The molecule has 1 fully saturated rings. The maximum absolute atomic E-state index is 4.63. The van der Waals surface area contributed by atoms with Gasteiger partial charge in [-0.3, -0.25) is 4.99 Å². The lowest BCUT2D eigenvalue weighted by Gasteiger charge is -2.18. The van der Waals surface area contributed by atoms with Crippen LogP contribution in [0.15, 0.2) is 35.3 Å². The lowest BCUT2D eigenvalue weighted by Crippen LogP contribution is -2.42. The summed E-state index contributed by atoms with van der Waals surface area (Å²) in [6, 6.07) is 11.0. The summed E-state index contributed by atoms with van der Waals surface area (Å²) in [6.45, 7) is 4.83. The molecule has 0 radical (unpaired) electrons. The van der Waals surface area contributed by atoms with Gasteiger partial charge in [-0.05, 0) is 57.1 Å². The Bertz CT molecular complexity index is 773. The number of para-hydroxylation sites is 1. The minimum Gasteiger partial charge on any atom is -0.354 e. The molecule has 27 heavy (non-hydrogen) atoms. The van der Waals surface area contributed by atoms with Crippen LogP contribution >= 0.6 is 35.7 Å². The summed E-state index contributed by atoms with van der Waals surface area (Å²) < 4.78 is 2.02. The van der Waals surface area contributed by atoms with E-state index in [1.54, 1.807) is 0 Å². The molecule has 1 aromatic carbocycles. The molecule has 1 heterocycles. The highest BCUT2D eigenvalue weighted by molar-refractivity contribution is 14.0. The van der Waals surface area contributed by atoms with Crippen LogP contribution in [0.1, 0.15) is 36.2 Å². The second-order valence-corrected chi connectivity index (χ2v) is 8.04. The normalized spacial score (nSPS) is 19.6. The second kappa shape index (κ2) is 10.4. The van der Waals surface area contributed by atoms with Gasteiger partial charge in [0.2, 0.25) is 0 Å². The number of aliphatic imine (C=N–C) groups is 1. The van der Waals surface area contributed by atoms with Crippen LogP contribution in [0.2, 0.25) is 0 Å². The topological polar surface area (TPSA) is 54.2 Å². The van der Waals surface area contributed by atoms with Crippen molar-refractivity contribution in [2.75, 3.05) is 13.3 Å². The Morgan fingerprint density at radius 3 is 2.70 bits per heavy atom. The molecule has 0 spiro atoms. The van der Waals surface area contributed by atoms with Crippen molar-refractivity contribution in [2.45, 2.75) is 50.9 Å². The lowest BCUT2D eigenvalue weighted by atomic mass is 10.1. The third-order valence-corrected chi connectivity index (χ3v) is 6.05. The van der Waals surface area contributed by atoms with Gasteiger partial charge >= 0.3 is 0 Å². The highest BCUT2D eigenvalue weighted by Crippen LogP contribution is 2.28. The van der Waals surface area contributed by atoms with E-state index in [0.29, 0.717) is 12.6 Å². The Balaban J connectivity index is 0.00000261. The van der Waals surface area contributed by atoms with Crippen molar-refractivity contribution in [3.63, 3.8) is 0 Å². The highest BCUT2D eigenvalue weighted by atomic mass is 127. The number of halogens is 1. The Labute approximate surface area is 183 Å². The van der Waals surface area contributed by atoms with E-state index in [0.717, 1.165) is 28.3 Å². The molecular formula is C20H30IN5S. The molecule has 0 amide bonds. The monoisotopic (exact) mass is 499 g/mol. The van der Waals surface area contributed by atoms with Crippen molar-refractivity contribution in [3.05, 3.63) is 47.3 Å². The average Bonchev–Trinajstić information content (AvgIpc) is 3.24. The number of hydrogen-bond acceptors (Lipinski definition) is 3. The molecule has 1 aliphatic rings. The van der Waals surface area contributed by atoms with Gasteiger partial charge in [0.15, 0.2) is 5.96 Å². The van der Waals surface area contributed by atoms with Crippen molar-refractivity contribution in [2.24, 2.45) is 4.99 Å². The van der Waals surface area contributed by atoms with Crippen LogP contribution in [0.25, 0.3) is 5.69 Å². The van der Waals surface area contributed by atoms with E-state index in [9.17, 15) is 0 Å². The lowest BCUT2D eigenvalue weighted by molar-refractivity contribution is 0.614. The number of hydrogen-bond donors (Lipinski definition) is 2. The van der Waals surface area contributed by atoms with Crippen molar-refractivity contribution in [3.8, 4) is 5.69 Å². The van der Waals surface area contributed by atoms with Crippen molar-refractivity contribution < 1.29 is 0 Å². The average molecular weight is 499 g/mol. The van der Waals surface area contributed by atoms with Crippen molar-refractivity contribution in [1.82, 2.24) is 20.4 Å².